The Morgan fingerprint density at radius 1 is 1.11 bits per heavy atom. The van der Waals surface area contributed by atoms with E-state index in [0.717, 1.165) is 24.8 Å². The molecule has 38 heavy (non-hydrogen) atoms. The molecule has 1 aromatic rings. The van der Waals surface area contributed by atoms with Gasteiger partial charge in [-0.25, -0.2) is 0 Å². The van der Waals surface area contributed by atoms with Crippen molar-refractivity contribution in [3.05, 3.63) is 59.7 Å². The second kappa shape index (κ2) is 11.4. The van der Waals surface area contributed by atoms with Crippen LogP contribution in [0, 0.1) is 29.6 Å². The normalized spacial score (nSPS) is 34.8. The van der Waals surface area contributed by atoms with Crippen LogP contribution >= 0.6 is 0 Å². The summed E-state index contributed by atoms with van der Waals surface area (Å²) in [5.41, 5.74) is 2.02. The van der Waals surface area contributed by atoms with Gasteiger partial charge in [-0.1, -0.05) is 83.2 Å². The summed E-state index contributed by atoms with van der Waals surface area (Å²) in [4.78, 5) is 12.5. The van der Waals surface area contributed by atoms with Gasteiger partial charge in [0.05, 0.1) is 24.7 Å². The number of fused-ring (bicyclic) bond motifs is 1. The maximum Gasteiger partial charge on any atom is 0.308 e. The second-order valence-electron chi connectivity index (χ2n) is 13.5. The summed E-state index contributed by atoms with van der Waals surface area (Å²) in [7, 11) is -1.98. The van der Waals surface area contributed by atoms with Crippen LogP contribution in [0.3, 0.4) is 0 Å². The highest BCUT2D eigenvalue weighted by Crippen LogP contribution is 2.49. The molecule has 0 spiro atoms. The fourth-order valence-corrected chi connectivity index (χ4v) is 7.91. The van der Waals surface area contributed by atoms with E-state index in [-0.39, 0.29) is 52.8 Å². The summed E-state index contributed by atoms with van der Waals surface area (Å²) in [6.07, 6.45) is 7.68. The molecule has 6 heteroatoms. The molecular weight excluding hydrogens is 492 g/mol. The van der Waals surface area contributed by atoms with E-state index in [9.17, 15) is 15.0 Å². The van der Waals surface area contributed by atoms with Crippen molar-refractivity contribution in [2.45, 2.75) is 103 Å². The van der Waals surface area contributed by atoms with Crippen molar-refractivity contribution in [1.29, 1.82) is 0 Å². The molecule has 1 heterocycles. The van der Waals surface area contributed by atoms with Crippen molar-refractivity contribution in [1.82, 2.24) is 0 Å². The highest BCUT2D eigenvalue weighted by Gasteiger charge is 2.47. The minimum absolute atomic E-state index is 0.0480. The molecular formula is C32H48O5Si. The number of cyclic esters (lactones) is 1. The van der Waals surface area contributed by atoms with Crippen molar-refractivity contribution in [2.24, 2.45) is 29.6 Å². The first kappa shape index (κ1) is 29.3. The SMILES string of the molecule is C[C@H]1C=CC2=C[C@H](C)[C@@H]([C@@H](O)c3ccccc3)[C@H](O)[C@@H]2[C@H]1CC[C@@H]1C[C@@H](O[Si](C)(C)C(C)(C)C)CC(=O)O1. The molecule has 1 aliphatic heterocycles. The van der Waals surface area contributed by atoms with Crippen molar-refractivity contribution in [3.63, 3.8) is 0 Å². The topological polar surface area (TPSA) is 76.0 Å². The first-order valence-corrected chi connectivity index (χ1v) is 17.4. The van der Waals surface area contributed by atoms with Gasteiger partial charge < -0.3 is 19.4 Å². The number of esters is 1. The number of allylic oxidation sites excluding steroid dienone is 3. The summed E-state index contributed by atoms with van der Waals surface area (Å²) in [5.74, 6) is 0.0562. The lowest BCUT2D eigenvalue weighted by atomic mass is 9.61. The maximum atomic E-state index is 12.5. The third-order valence-corrected chi connectivity index (χ3v) is 14.3. The quantitative estimate of drug-likeness (QED) is 0.301. The van der Waals surface area contributed by atoms with Crippen molar-refractivity contribution >= 4 is 14.3 Å². The summed E-state index contributed by atoms with van der Waals surface area (Å²) in [5, 5.41) is 23.1. The van der Waals surface area contributed by atoms with Crippen LogP contribution in [0.15, 0.2) is 54.1 Å². The highest BCUT2D eigenvalue weighted by molar-refractivity contribution is 6.74. The van der Waals surface area contributed by atoms with E-state index in [0.29, 0.717) is 6.42 Å². The minimum Gasteiger partial charge on any atom is -0.462 e. The Hall–Kier alpha value is -1.73. The van der Waals surface area contributed by atoms with Gasteiger partial charge in [0.2, 0.25) is 0 Å². The third-order valence-electron chi connectivity index (χ3n) is 9.75. The standard InChI is InChI=1S/C32H48O5Si/c1-20-13-14-23-17-21(2)28(30(34)22-11-9-8-10-12-22)31(35)29(23)26(20)16-15-24-18-25(19-27(33)36-24)37-38(6,7)32(3,4)5/h8-14,17,20-21,24-26,28-31,34-35H,15-16,18-19H2,1-7H3/t20-,21-,24+,25+,26-,28-,29-,30-,31-/m0/s1. The van der Waals surface area contributed by atoms with Gasteiger partial charge in [-0.05, 0) is 59.9 Å². The van der Waals surface area contributed by atoms with Gasteiger partial charge in [-0.15, -0.1) is 0 Å². The van der Waals surface area contributed by atoms with Crippen LogP contribution in [0.5, 0.6) is 0 Å². The van der Waals surface area contributed by atoms with Crippen LogP contribution < -0.4 is 0 Å². The number of rotatable bonds is 7. The first-order valence-electron chi connectivity index (χ1n) is 14.5. The predicted octanol–water partition coefficient (Wildman–Crippen LogP) is 6.59. The van der Waals surface area contributed by atoms with E-state index in [4.69, 9.17) is 9.16 Å². The summed E-state index contributed by atoms with van der Waals surface area (Å²) < 4.78 is 12.4. The molecule has 3 aliphatic rings. The number of ether oxygens (including phenoxy) is 1. The highest BCUT2D eigenvalue weighted by atomic mass is 28.4. The number of carbonyl (C=O) groups excluding carboxylic acids is 1. The number of hydrogen-bond acceptors (Lipinski definition) is 5. The second-order valence-corrected chi connectivity index (χ2v) is 18.2. The number of hydrogen-bond donors (Lipinski definition) is 2. The lowest BCUT2D eigenvalue weighted by molar-refractivity contribution is -0.160. The van der Waals surface area contributed by atoms with Crippen molar-refractivity contribution in [3.8, 4) is 0 Å². The van der Waals surface area contributed by atoms with Gasteiger partial charge in [0.15, 0.2) is 8.32 Å². The molecule has 2 N–H and O–H groups in total. The zero-order chi connectivity index (χ0) is 27.8. The Labute approximate surface area is 230 Å². The van der Waals surface area contributed by atoms with Crippen LogP contribution in [0.4, 0.5) is 0 Å². The van der Waals surface area contributed by atoms with E-state index >= 15 is 0 Å². The van der Waals surface area contributed by atoms with Crippen LogP contribution in [0.1, 0.15) is 72.0 Å². The number of aliphatic hydroxyl groups excluding tert-OH is 2. The Bertz CT molecular complexity index is 1030. The molecule has 1 fully saturated rings. The molecule has 1 saturated heterocycles. The lowest BCUT2D eigenvalue weighted by Gasteiger charge is -2.47. The van der Waals surface area contributed by atoms with Crippen LogP contribution in [0.25, 0.3) is 0 Å². The Kier molecular flexibility index (Phi) is 8.78. The largest absolute Gasteiger partial charge is 0.462 e. The molecule has 0 aromatic heterocycles. The van der Waals surface area contributed by atoms with Crippen LogP contribution in [-0.4, -0.2) is 42.8 Å². The van der Waals surface area contributed by atoms with E-state index in [1.54, 1.807) is 0 Å². The van der Waals surface area contributed by atoms with Gasteiger partial charge >= 0.3 is 5.97 Å². The first-order chi connectivity index (χ1) is 17.8. The number of benzene rings is 1. The molecule has 5 nitrogen and oxygen atoms in total. The van der Waals surface area contributed by atoms with Gasteiger partial charge in [0, 0.05) is 18.3 Å². The molecule has 0 bridgehead atoms. The van der Waals surface area contributed by atoms with Gasteiger partial charge in [-0.3, -0.25) is 4.79 Å². The van der Waals surface area contributed by atoms with Crippen molar-refractivity contribution < 1.29 is 24.2 Å². The summed E-state index contributed by atoms with van der Waals surface area (Å²) >= 11 is 0. The smallest absolute Gasteiger partial charge is 0.308 e. The van der Waals surface area contributed by atoms with Gasteiger partial charge in [-0.2, -0.15) is 0 Å². The fourth-order valence-electron chi connectivity index (χ4n) is 6.55. The zero-order valence-corrected chi connectivity index (χ0v) is 25.3. The monoisotopic (exact) mass is 540 g/mol. The Morgan fingerprint density at radius 2 is 1.79 bits per heavy atom. The van der Waals surface area contributed by atoms with E-state index < -0.39 is 20.5 Å². The average molecular weight is 541 g/mol. The molecule has 0 amide bonds. The molecule has 0 radical (unpaired) electrons. The molecule has 0 unspecified atom stereocenters. The zero-order valence-electron chi connectivity index (χ0n) is 24.3. The predicted molar refractivity (Wildman–Crippen MR) is 154 cm³/mol. The maximum absolute atomic E-state index is 12.5. The fraction of sp³-hybridized carbons (Fsp3) is 0.656. The van der Waals surface area contributed by atoms with Gasteiger partial charge in [0.25, 0.3) is 0 Å². The van der Waals surface area contributed by atoms with Gasteiger partial charge in [0.1, 0.15) is 6.10 Å². The molecule has 9 atom stereocenters. The third kappa shape index (κ3) is 6.19. The molecule has 4 rings (SSSR count). The van der Waals surface area contributed by atoms with E-state index in [1.165, 1.54) is 5.57 Å². The minimum atomic E-state index is -1.98. The van der Waals surface area contributed by atoms with E-state index in [2.05, 4.69) is 65.9 Å². The summed E-state index contributed by atoms with van der Waals surface area (Å²) in [6.45, 7) is 15.4. The average Bonchev–Trinajstić information content (AvgIpc) is 2.82. The molecule has 1 aromatic carbocycles. The van der Waals surface area contributed by atoms with Crippen LogP contribution in [-0.2, 0) is 14.0 Å². The summed E-state index contributed by atoms with van der Waals surface area (Å²) in [6, 6.07) is 9.68. The van der Waals surface area contributed by atoms with E-state index in [1.807, 2.05) is 30.3 Å². The molecule has 2 aliphatic carbocycles. The van der Waals surface area contributed by atoms with Crippen molar-refractivity contribution in [2.75, 3.05) is 0 Å². The Balaban J connectivity index is 1.47. The van der Waals surface area contributed by atoms with Crippen LogP contribution in [0.2, 0.25) is 18.1 Å². The number of aliphatic hydroxyl groups is 2. The molecule has 0 saturated carbocycles. The molecule has 210 valence electrons. The number of carbonyl (C=O) groups is 1. The lowest BCUT2D eigenvalue weighted by Crippen LogP contribution is -2.47. The Morgan fingerprint density at radius 3 is 2.45 bits per heavy atom.